The lowest BCUT2D eigenvalue weighted by molar-refractivity contribution is 0.583. The molecule has 140 valence electrons. The first-order chi connectivity index (χ1) is 13.0. The van der Waals surface area contributed by atoms with Crippen molar-refractivity contribution in [1.29, 1.82) is 0 Å². The van der Waals surface area contributed by atoms with Gasteiger partial charge in [0.1, 0.15) is 10.0 Å². The average Bonchev–Trinajstić information content (AvgIpc) is 3.32. The Labute approximate surface area is 162 Å². The van der Waals surface area contributed by atoms with E-state index in [-0.39, 0.29) is 6.54 Å². The van der Waals surface area contributed by atoms with E-state index >= 15 is 0 Å². The molecule has 3 heterocycles. The van der Waals surface area contributed by atoms with Crippen LogP contribution >= 0.6 is 11.3 Å². The standard InChI is InChI=1S/C19H20N4O2S2/c1-13-15-3-2-4-16(15)23-18(22-13)9-12-21-27(24,25)19-6-5-17(26-19)14-7-10-20-11-8-14/h5-8,10-11,21H,2-4,9,12H2,1H3. The third-order valence-corrected chi connectivity index (χ3v) is 7.73. The summed E-state index contributed by atoms with van der Waals surface area (Å²) in [5, 5.41) is 0. The second kappa shape index (κ2) is 7.46. The van der Waals surface area contributed by atoms with E-state index in [1.165, 1.54) is 16.9 Å². The van der Waals surface area contributed by atoms with Gasteiger partial charge in [-0.2, -0.15) is 0 Å². The van der Waals surface area contributed by atoms with Crippen molar-refractivity contribution in [1.82, 2.24) is 19.7 Å². The summed E-state index contributed by atoms with van der Waals surface area (Å²) in [7, 11) is -3.54. The molecule has 0 fully saturated rings. The summed E-state index contributed by atoms with van der Waals surface area (Å²) in [6, 6.07) is 7.19. The van der Waals surface area contributed by atoms with E-state index in [0.29, 0.717) is 16.5 Å². The Balaban J connectivity index is 1.42. The van der Waals surface area contributed by atoms with Crippen LogP contribution in [0.15, 0.2) is 40.9 Å². The van der Waals surface area contributed by atoms with E-state index < -0.39 is 10.0 Å². The monoisotopic (exact) mass is 400 g/mol. The zero-order valence-electron chi connectivity index (χ0n) is 15.0. The number of rotatable bonds is 6. The second-order valence-electron chi connectivity index (χ2n) is 6.51. The molecule has 3 aromatic rings. The molecule has 0 aliphatic heterocycles. The van der Waals surface area contributed by atoms with Crippen molar-refractivity contribution in [2.75, 3.05) is 6.54 Å². The zero-order chi connectivity index (χ0) is 18.9. The van der Waals surface area contributed by atoms with Gasteiger partial charge in [0.15, 0.2) is 0 Å². The highest BCUT2D eigenvalue weighted by atomic mass is 32.2. The Morgan fingerprint density at radius 3 is 2.74 bits per heavy atom. The summed E-state index contributed by atoms with van der Waals surface area (Å²) < 4.78 is 28.1. The fraction of sp³-hybridized carbons (Fsp3) is 0.316. The molecule has 0 bridgehead atoms. The van der Waals surface area contributed by atoms with Gasteiger partial charge in [0.05, 0.1) is 0 Å². The van der Waals surface area contributed by atoms with Crippen LogP contribution in [-0.4, -0.2) is 29.9 Å². The maximum atomic E-state index is 12.6. The minimum Gasteiger partial charge on any atom is -0.265 e. The number of nitrogens with one attached hydrogen (secondary N) is 1. The fourth-order valence-electron chi connectivity index (χ4n) is 3.30. The SMILES string of the molecule is Cc1nc(CCNS(=O)(=O)c2ccc(-c3ccncc3)s2)nc2c1CCC2. The third kappa shape index (κ3) is 3.92. The highest BCUT2D eigenvalue weighted by Gasteiger charge is 2.19. The molecule has 1 aliphatic carbocycles. The minimum absolute atomic E-state index is 0.281. The van der Waals surface area contributed by atoms with Gasteiger partial charge in [-0.05, 0) is 61.6 Å². The minimum atomic E-state index is -3.54. The van der Waals surface area contributed by atoms with E-state index in [4.69, 9.17) is 0 Å². The summed E-state index contributed by atoms with van der Waals surface area (Å²) in [5.41, 5.74) is 4.37. The van der Waals surface area contributed by atoms with Crippen LogP contribution < -0.4 is 4.72 Å². The first-order valence-corrected chi connectivity index (χ1v) is 11.2. The van der Waals surface area contributed by atoms with Gasteiger partial charge in [-0.1, -0.05) is 0 Å². The van der Waals surface area contributed by atoms with Gasteiger partial charge in [-0.25, -0.2) is 23.1 Å². The highest BCUT2D eigenvalue weighted by molar-refractivity contribution is 7.91. The van der Waals surface area contributed by atoms with Crippen molar-refractivity contribution in [3.8, 4) is 10.4 Å². The van der Waals surface area contributed by atoms with Gasteiger partial charge < -0.3 is 0 Å². The molecule has 1 N–H and O–H groups in total. The van der Waals surface area contributed by atoms with Crippen LogP contribution in [0.3, 0.4) is 0 Å². The number of fused-ring (bicyclic) bond motifs is 1. The van der Waals surface area contributed by atoms with E-state index in [2.05, 4.69) is 19.7 Å². The third-order valence-electron chi connectivity index (χ3n) is 4.64. The number of hydrogen-bond donors (Lipinski definition) is 1. The Morgan fingerprint density at radius 1 is 1.11 bits per heavy atom. The lowest BCUT2D eigenvalue weighted by atomic mass is 10.2. The van der Waals surface area contributed by atoms with Gasteiger partial charge in [0.2, 0.25) is 10.0 Å². The van der Waals surface area contributed by atoms with Gasteiger partial charge in [0, 0.05) is 41.6 Å². The quantitative estimate of drug-likeness (QED) is 0.688. The summed E-state index contributed by atoms with van der Waals surface area (Å²) in [4.78, 5) is 14.0. The summed E-state index contributed by atoms with van der Waals surface area (Å²) in [6.45, 7) is 2.29. The molecular weight excluding hydrogens is 380 g/mol. The van der Waals surface area contributed by atoms with Crippen molar-refractivity contribution in [3.05, 3.63) is 59.4 Å². The molecule has 8 heteroatoms. The molecule has 0 radical (unpaired) electrons. The zero-order valence-corrected chi connectivity index (χ0v) is 16.6. The van der Waals surface area contributed by atoms with Crippen molar-refractivity contribution >= 4 is 21.4 Å². The molecule has 0 aromatic carbocycles. The second-order valence-corrected chi connectivity index (χ2v) is 9.58. The Hall–Kier alpha value is -2.16. The normalized spacial score (nSPS) is 13.7. The molecule has 27 heavy (non-hydrogen) atoms. The topological polar surface area (TPSA) is 84.8 Å². The smallest absolute Gasteiger partial charge is 0.250 e. The number of sulfonamides is 1. The maximum Gasteiger partial charge on any atom is 0.250 e. The van der Waals surface area contributed by atoms with E-state index in [1.807, 2.05) is 25.1 Å². The molecule has 4 rings (SSSR count). The van der Waals surface area contributed by atoms with Crippen molar-refractivity contribution in [3.63, 3.8) is 0 Å². The van der Waals surface area contributed by atoms with Crippen LogP contribution in [0, 0.1) is 6.92 Å². The number of aryl methyl sites for hydroxylation is 2. The van der Waals surface area contributed by atoms with Crippen LogP contribution in [-0.2, 0) is 29.3 Å². The lowest BCUT2D eigenvalue weighted by Gasteiger charge is -2.08. The summed E-state index contributed by atoms with van der Waals surface area (Å²) in [5.74, 6) is 0.708. The maximum absolute atomic E-state index is 12.6. The van der Waals surface area contributed by atoms with E-state index in [1.54, 1.807) is 18.5 Å². The van der Waals surface area contributed by atoms with Gasteiger partial charge in [0.25, 0.3) is 0 Å². The van der Waals surface area contributed by atoms with Crippen LogP contribution in [0.25, 0.3) is 10.4 Å². The van der Waals surface area contributed by atoms with Crippen LogP contribution in [0.2, 0.25) is 0 Å². The number of hydrogen-bond acceptors (Lipinski definition) is 6. The molecular formula is C19H20N4O2S2. The van der Waals surface area contributed by atoms with Crippen molar-refractivity contribution in [2.24, 2.45) is 0 Å². The Kier molecular flexibility index (Phi) is 5.03. The molecule has 0 saturated carbocycles. The number of pyridine rings is 1. The fourth-order valence-corrected chi connectivity index (χ4v) is 5.69. The first kappa shape index (κ1) is 18.2. The van der Waals surface area contributed by atoms with Gasteiger partial charge in [-0.3, -0.25) is 4.98 Å². The van der Waals surface area contributed by atoms with Gasteiger partial charge in [-0.15, -0.1) is 11.3 Å². The first-order valence-electron chi connectivity index (χ1n) is 8.88. The predicted molar refractivity (Wildman–Crippen MR) is 105 cm³/mol. The van der Waals surface area contributed by atoms with Gasteiger partial charge >= 0.3 is 0 Å². The predicted octanol–water partition coefficient (Wildman–Crippen LogP) is 2.92. The molecule has 0 amide bonds. The summed E-state index contributed by atoms with van der Waals surface area (Å²) >= 11 is 1.25. The number of nitrogens with zero attached hydrogens (tertiary/aromatic N) is 3. The molecule has 0 spiro atoms. The summed E-state index contributed by atoms with van der Waals surface area (Å²) in [6.07, 6.45) is 7.03. The van der Waals surface area contributed by atoms with Crippen molar-refractivity contribution < 1.29 is 8.42 Å². The molecule has 3 aromatic heterocycles. The van der Waals surface area contributed by atoms with Crippen LogP contribution in [0.1, 0.15) is 29.2 Å². The highest BCUT2D eigenvalue weighted by Crippen LogP contribution is 2.30. The molecule has 0 unspecified atom stereocenters. The largest absolute Gasteiger partial charge is 0.265 e. The number of thiophene rings is 1. The van der Waals surface area contributed by atoms with E-state index in [0.717, 1.165) is 41.1 Å². The number of aromatic nitrogens is 3. The van der Waals surface area contributed by atoms with Crippen LogP contribution in [0.4, 0.5) is 0 Å². The van der Waals surface area contributed by atoms with Crippen molar-refractivity contribution in [2.45, 2.75) is 36.8 Å². The Morgan fingerprint density at radius 2 is 1.93 bits per heavy atom. The molecule has 6 nitrogen and oxygen atoms in total. The molecule has 1 aliphatic rings. The average molecular weight is 401 g/mol. The van der Waals surface area contributed by atoms with Crippen LogP contribution in [0.5, 0.6) is 0 Å². The van der Waals surface area contributed by atoms with E-state index in [9.17, 15) is 8.42 Å². The lowest BCUT2D eigenvalue weighted by Crippen LogP contribution is -2.26. The Bertz CT molecular complexity index is 1060. The molecule has 0 atom stereocenters. The molecule has 0 saturated heterocycles.